The second-order valence-electron chi connectivity index (χ2n) is 22.9. The Hall–Kier alpha value is -7.79. The van der Waals surface area contributed by atoms with E-state index < -0.39 is 263 Å². The van der Waals surface area contributed by atoms with E-state index in [2.05, 4.69) is 57.8 Å². The van der Waals surface area contributed by atoms with Gasteiger partial charge in [0.1, 0.15) is 110 Å². The van der Waals surface area contributed by atoms with Crippen molar-refractivity contribution in [3.63, 3.8) is 0 Å². The maximum absolute atomic E-state index is 14.8. The number of aromatic nitrogens is 2. The number of aromatic amines is 1. The van der Waals surface area contributed by atoms with E-state index in [4.69, 9.17) is 29.8 Å². The smallest absolute Gasteiger partial charge is 0.322 e. The van der Waals surface area contributed by atoms with Gasteiger partial charge in [0.15, 0.2) is 12.6 Å². The summed E-state index contributed by atoms with van der Waals surface area (Å²) >= 11 is 0. The lowest BCUT2D eigenvalue weighted by molar-refractivity contribution is -0.347. The van der Waals surface area contributed by atoms with Gasteiger partial charge in [-0.1, -0.05) is 0 Å². The fraction of sp³-hybridized carbons (Fsp3) is 0.722. The molecule has 0 saturated carbocycles. The standard InChI is InChI=1S/C54H87N13O29/c1-19(72)34(55)49(89)60-25(8-9-32(76)77)44(84)64-35(20(2)73)50(90)66-37(22(4)93-53-38(59-23(5)75)43(40(81)31(17-71)94-53)96-54-42(83)41(82)39(80)30(16-70)95-54)51(91)63-27(14-68)46(86)61-26(11-24-12-56-18-58-24)45(85)62-28(15-69)47(87)65-36(21(3)74)52(92)67-10-6-7-29(67)48(88)57-13-33(78)79/h12,18-22,25-31,34-43,53-54,68-74,80-83H,6-11,13-17,55H2,1-5H3,(H,56,58)(H,57,88)(H,59,75)(H,60,89)(H,61,86)(H,62,85)(H,63,91)(H,64,84)(H,65,87)(H,66,90)(H,76,77)(H,78,79)/t19-,20-,21-,22-,25+,26-,27+,28+,29+,30-,31-,34+,35+,36+,37-,38-,39+,40+,41+,42-,43-,53+,54+/m1/s1. The monoisotopic (exact) mass is 1380 g/mol. The first-order valence-corrected chi connectivity index (χ1v) is 30.1. The normalized spacial score (nSPS) is 26.3. The number of amides is 10. The van der Waals surface area contributed by atoms with Gasteiger partial charge < -0.3 is 149 Å². The molecule has 0 aromatic carbocycles. The van der Waals surface area contributed by atoms with Crippen molar-refractivity contribution in [2.75, 3.05) is 39.5 Å². The van der Waals surface area contributed by atoms with Gasteiger partial charge in [-0.3, -0.25) is 57.5 Å². The van der Waals surface area contributed by atoms with Crippen LogP contribution in [0.15, 0.2) is 12.5 Å². The lowest BCUT2D eigenvalue weighted by Crippen LogP contribution is -2.69. The number of aliphatic carboxylic acids is 2. The van der Waals surface area contributed by atoms with Gasteiger partial charge in [-0.15, -0.1) is 0 Å². The Kier molecular flexibility index (Phi) is 31.6. The lowest BCUT2D eigenvalue weighted by atomic mass is 9.95. The minimum atomic E-state index is -2.31. The third-order valence-corrected chi connectivity index (χ3v) is 15.5. The summed E-state index contributed by atoms with van der Waals surface area (Å²) in [5.74, 6) is -15.2. The van der Waals surface area contributed by atoms with E-state index in [0.717, 1.165) is 45.8 Å². The number of carbonyl (C=O) groups excluding carboxylic acids is 10. The zero-order valence-corrected chi connectivity index (χ0v) is 52.5. The molecule has 3 saturated heterocycles. The first kappa shape index (κ1) is 80.6. The average Bonchev–Trinajstić information content (AvgIpc) is 1.00. The van der Waals surface area contributed by atoms with Gasteiger partial charge in [0, 0.05) is 38.2 Å². The Morgan fingerprint density at radius 1 is 0.646 bits per heavy atom. The van der Waals surface area contributed by atoms with Gasteiger partial charge in [0.2, 0.25) is 59.1 Å². The van der Waals surface area contributed by atoms with Crippen molar-refractivity contribution in [2.24, 2.45) is 5.73 Å². The van der Waals surface area contributed by atoms with Crippen molar-refractivity contribution in [1.29, 1.82) is 0 Å². The number of carbonyl (C=O) groups is 12. The summed E-state index contributed by atoms with van der Waals surface area (Å²) in [5, 5.41) is 154. The van der Waals surface area contributed by atoms with Gasteiger partial charge in [-0.25, -0.2) is 4.98 Å². The van der Waals surface area contributed by atoms with Crippen molar-refractivity contribution in [3.8, 4) is 0 Å². The molecule has 1 aromatic rings. The molecular formula is C54H87N13O29. The maximum Gasteiger partial charge on any atom is 0.322 e. The van der Waals surface area contributed by atoms with Crippen LogP contribution in [0.25, 0.3) is 0 Å². The fourth-order valence-electron chi connectivity index (χ4n) is 10.1. The minimum absolute atomic E-state index is 0.0618. The van der Waals surface area contributed by atoms with Crippen molar-refractivity contribution < 1.29 is 143 Å². The topological polar surface area (TPSA) is 671 Å². The lowest BCUT2D eigenvalue weighted by Gasteiger charge is -2.48. The van der Waals surface area contributed by atoms with E-state index in [-0.39, 0.29) is 25.1 Å². The van der Waals surface area contributed by atoms with Gasteiger partial charge >= 0.3 is 11.9 Å². The number of nitrogens with one attached hydrogen (secondary N) is 10. The zero-order chi connectivity index (χ0) is 72.2. The minimum Gasteiger partial charge on any atom is -0.481 e. The van der Waals surface area contributed by atoms with E-state index in [1.54, 1.807) is 0 Å². The van der Waals surface area contributed by atoms with Gasteiger partial charge in [0.05, 0.1) is 57.2 Å². The molecule has 0 unspecified atom stereocenters. The SMILES string of the molecule is CC(=O)N[C@H]1[C@@H](O[C@H](C)[C@@H](NC(=O)[C@@H](NC(=O)[C@H](CCC(=O)O)NC(=O)[C@@H](N)[C@@H](C)O)[C@@H](C)O)C(=O)N[C@@H](CO)C(=O)N[C@H](Cc2cnc[nH]2)C(=O)N[C@@H](CO)C(=O)N[C@H](C(=O)N2CCC[C@H]2C(=O)NCC(=O)O)[C@@H](C)O)O[C@H](CO)[C@H](O)[C@@H]1O[C@@H]1O[C@H](CO)[C@H](O)[C@H](O)[C@H]1O. The quantitative estimate of drug-likeness (QED) is 0.0297. The summed E-state index contributed by atoms with van der Waals surface area (Å²) in [5.41, 5.74) is 5.82. The second kappa shape index (κ2) is 37.6. The largest absolute Gasteiger partial charge is 0.481 e. The number of rotatable bonds is 36. The molecule has 3 aliphatic heterocycles. The molecule has 23 atom stereocenters. The first-order valence-electron chi connectivity index (χ1n) is 30.1. The number of aliphatic hydroxyl groups is 11. The van der Waals surface area contributed by atoms with E-state index in [1.807, 2.05) is 0 Å². The molecule has 0 aliphatic carbocycles. The summed E-state index contributed by atoms with van der Waals surface area (Å²) in [6, 6.07) is -18.9. The summed E-state index contributed by atoms with van der Waals surface area (Å²) in [6.45, 7) is -0.321. The van der Waals surface area contributed by atoms with Crippen LogP contribution in [-0.4, -0.2) is 332 Å². The number of imidazole rings is 1. The average molecular weight is 1380 g/mol. The van der Waals surface area contributed by atoms with Crippen LogP contribution in [0.4, 0.5) is 0 Å². The molecular weight excluding hydrogens is 1290 g/mol. The van der Waals surface area contributed by atoms with Crippen LogP contribution in [0, 0.1) is 0 Å². The number of nitrogens with two attached hydrogens (primary N) is 1. The van der Waals surface area contributed by atoms with E-state index >= 15 is 0 Å². The highest BCUT2D eigenvalue weighted by Gasteiger charge is 2.53. The van der Waals surface area contributed by atoms with Gasteiger partial charge in [0.25, 0.3) is 0 Å². The Morgan fingerprint density at radius 3 is 1.71 bits per heavy atom. The molecule has 0 bridgehead atoms. The van der Waals surface area contributed by atoms with E-state index in [0.29, 0.717) is 0 Å². The molecule has 10 amide bonds. The van der Waals surface area contributed by atoms with Gasteiger partial charge in [-0.05, 0) is 47.0 Å². The highest BCUT2D eigenvalue weighted by Crippen LogP contribution is 2.31. The van der Waals surface area contributed by atoms with Crippen molar-refractivity contribution in [1.82, 2.24) is 62.7 Å². The van der Waals surface area contributed by atoms with Crippen LogP contribution in [0.2, 0.25) is 0 Å². The maximum atomic E-state index is 14.8. The van der Waals surface area contributed by atoms with Gasteiger partial charge in [-0.2, -0.15) is 0 Å². The van der Waals surface area contributed by atoms with Crippen LogP contribution in [0.5, 0.6) is 0 Å². The van der Waals surface area contributed by atoms with E-state index in [1.165, 1.54) is 6.20 Å². The van der Waals surface area contributed by atoms with Crippen molar-refractivity contribution in [3.05, 3.63) is 18.2 Å². The molecule has 96 heavy (non-hydrogen) atoms. The Balaban J connectivity index is 1.72. The number of carboxylic acids is 2. The molecule has 542 valence electrons. The third-order valence-electron chi connectivity index (χ3n) is 15.5. The molecule has 25 N–H and O–H groups in total. The van der Waals surface area contributed by atoms with E-state index in [9.17, 15) is 119 Å². The molecule has 0 spiro atoms. The highest BCUT2D eigenvalue weighted by molar-refractivity contribution is 5.99. The Labute approximate surface area is 545 Å². The molecule has 4 rings (SSSR count). The van der Waals surface area contributed by atoms with Crippen LogP contribution in [0.3, 0.4) is 0 Å². The predicted molar refractivity (Wildman–Crippen MR) is 314 cm³/mol. The highest BCUT2D eigenvalue weighted by atomic mass is 16.7. The summed E-state index contributed by atoms with van der Waals surface area (Å²) in [4.78, 5) is 168. The molecule has 0 radical (unpaired) electrons. The summed E-state index contributed by atoms with van der Waals surface area (Å²) in [7, 11) is 0. The van der Waals surface area contributed by atoms with Crippen LogP contribution in [-0.2, 0) is 82.9 Å². The van der Waals surface area contributed by atoms with Crippen molar-refractivity contribution >= 4 is 71.0 Å². The molecule has 42 nitrogen and oxygen atoms in total. The number of ether oxygens (including phenoxy) is 4. The Bertz CT molecular complexity index is 2820. The Morgan fingerprint density at radius 2 is 1.17 bits per heavy atom. The molecule has 42 heteroatoms. The summed E-state index contributed by atoms with van der Waals surface area (Å²) in [6.07, 6.45) is -23.9. The molecule has 3 aliphatic rings. The first-order chi connectivity index (χ1) is 45.1. The molecule has 4 heterocycles. The number of H-pyrrole nitrogens is 1. The van der Waals surface area contributed by atoms with Crippen LogP contribution < -0.4 is 53.6 Å². The second-order valence-corrected chi connectivity index (χ2v) is 22.9. The number of carboxylic acid groups (broad SMARTS) is 2. The summed E-state index contributed by atoms with van der Waals surface area (Å²) < 4.78 is 23.2. The number of hydrogen-bond donors (Lipinski definition) is 24. The fourth-order valence-corrected chi connectivity index (χ4v) is 10.1. The number of aliphatic hydroxyl groups excluding tert-OH is 11. The zero-order valence-electron chi connectivity index (χ0n) is 52.5. The predicted octanol–water partition coefficient (Wildman–Crippen LogP) is -14.0. The van der Waals surface area contributed by atoms with Crippen LogP contribution >= 0.6 is 0 Å². The number of nitrogens with zero attached hydrogens (tertiary/aromatic N) is 2. The molecule has 3 fully saturated rings. The number of hydrogen-bond acceptors (Lipinski definition) is 29. The molecule has 1 aromatic heterocycles. The number of likely N-dealkylation sites (tertiary alicyclic amines) is 1. The van der Waals surface area contributed by atoms with Crippen molar-refractivity contribution in [2.45, 2.75) is 207 Å². The third kappa shape index (κ3) is 22.4. The van der Waals surface area contributed by atoms with Crippen LogP contribution in [0.1, 0.15) is 66.0 Å².